The van der Waals surface area contributed by atoms with Crippen LogP contribution in [0.3, 0.4) is 0 Å². The lowest BCUT2D eigenvalue weighted by molar-refractivity contribution is 0.332. The Kier molecular flexibility index (Phi) is 3.76. The predicted octanol–water partition coefficient (Wildman–Crippen LogP) is 2.03. The molecular weight excluding hydrogens is 220 g/mol. The molecule has 0 unspecified atom stereocenters. The minimum absolute atomic E-state index is 0.304. The van der Waals surface area contributed by atoms with Crippen molar-refractivity contribution in [3.05, 3.63) is 5.82 Å². The van der Waals surface area contributed by atoms with E-state index in [4.69, 9.17) is 5.73 Å². The summed E-state index contributed by atoms with van der Waals surface area (Å²) in [5, 5.41) is 4.34. The molecule has 1 heterocycles. The molecule has 2 rings (SSSR count). The van der Waals surface area contributed by atoms with E-state index in [1.807, 2.05) is 0 Å². The van der Waals surface area contributed by atoms with Crippen LogP contribution in [0.5, 0.6) is 0 Å². The van der Waals surface area contributed by atoms with Crippen LogP contribution in [0.25, 0.3) is 0 Å². The van der Waals surface area contributed by atoms with Crippen molar-refractivity contribution in [2.24, 2.45) is 11.1 Å². The Morgan fingerprint density at radius 3 is 2.75 bits per heavy atom. The molecule has 1 aliphatic carbocycles. The summed E-state index contributed by atoms with van der Waals surface area (Å²) >= 11 is 1.45. The average molecular weight is 240 g/mol. The molecule has 1 aromatic rings. The lowest BCUT2D eigenvalue weighted by Gasteiger charge is -2.26. The molecule has 90 valence electrons. The van der Waals surface area contributed by atoms with E-state index in [0.29, 0.717) is 5.41 Å². The number of hydrogen-bond acceptors (Lipinski definition) is 5. The van der Waals surface area contributed by atoms with E-state index >= 15 is 0 Å². The van der Waals surface area contributed by atoms with Gasteiger partial charge >= 0.3 is 0 Å². The van der Waals surface area contributed by atoms with Crippen LogP contribution in [0.4, 0.5) is 5.13 Å². The minimum atomic E-state index is 0.304. The molecule has 16 heavy (non-hydrogen) atoms. The highest BCUT2D eigenvalue weighted by Gasteiger charge is 2.32. The molecule has 1 aliphatic rings. The molecule has 4 nitrogen and oxygen atoms in total. The Hall–Kier alpha value is -0.680. The summed E-state index contributed by atoms with van der Waals surface area (Å²) < 4.78 is 4.27. The molecule has 3 N–H and O–H groups in total. The lowest BCUT2D eigenvalue weighted by atomic mass is 9.86. The zero-order valence-corrected chi connectivity index (χ0v) is 10.6. The highest BCUT2D eigenvalue weighted by molar-refractivity contribution is 7.09. The maximum Gasteiger partial charge on any atom is 0.202 e. The fourth-order valence-corrected chi connectivity index (χ4v) is 2.96. The summed E-state index contributed by atoms with van der Waals surface area (Å²) in [5.74, 6) is 0.931. The maximum absolute atomic E-state index is 5.89. The Morgan fingerprint density at radius 1 is 1.44 bits per heavy atom. The number of aromatic nitrogens is 2. The third kappa shape index (κ3) is 2.52. The zero-order valence-electron chi connectivity index (χ0n) is 9.83. The number of nitrogens with two attached hydrogens (primary N) is 1. The van der Waals surface area contributed by atoms with Crippen molar-refractivity contribution in [1.29, 1.82) is 0 Å². The van der Waals surface area contributed by atoms with Crippen molar-refractivity contribution in [2.75, 3.05) is 18.4 Å². The highest BCUT2D eigenvalue weighted by atomic mass is 32.1. The fraction of sp³-hybridized carbons (Fsp3) is 0.818. The molecule has 0 atom stereocenters. The molecule has 1 fully saturated rings. The second-order valence-electron chi connectivity index (χ2n) is 4.63. The van der Waals surface area contributed by atoms with Gasteiger partial charge in [-0.3, -0.25) is 0 Å². The smallest absolute Gasteiger partial charge is 0.202 e. The van der Waals surface area contributed by atoms with Crippen LogP contribution < -0.4 is 11.1 Å². The van der Waals surface area contributed by atoms with Crippen LogP contribution in [0, 0.1) is 5.41 Å². The third-order valence-electron chi connectivity index (χ3n) is 3.50. The first-order valence-corrected chi connectivity index (χ1v) is 6.82. The van der Waals surface area contributed by atoms with Crippen LogP contribution in [-0.2, 0) is 6.42 Å². The summed E-state index contributed by atoms with van der Waals surface area (Å²) in [7, 11) is 0. The van der Waals surface area contributed by atoms with Gasteiger partial charge in [0.15, 0.2) is 0 Å². The first kappa shape index (κ1) is 11.8. The molecule has 1 saturated carbocycles. The van der Waals surface area contributed by atoms with Crippen molar-refractivity contribution in [2.45, 2.75) is 39.0 Å². The Morgan fingerprint density at radius 2 is 2.19 bits per heavy atom. The van der Waals surface area contributed by atoms with Crippen molar-refractivity contribution < 1.29 is 0 Å². The Balaban J connectivity index is 1.90. The van der Waals surface area contributed by atoms with E-state index in [2.05, 4.69) is 21.6 Å². The number of hydrogen-bond donors (Lipinski definition) is 2. The summed E-state index contributed by atoms with van der Waals surface area (Å²) in [6.45, 7) is 3.80. The van der Waals surface area contributed by atoms with E-state index in [0.717, 1.165) is 30.5 Å². The van der Waals surface area contributed by atoms with Gasteiger partial charge in [0.2, 0.25) is 5.13 Å². The largest absolute Gasteiger partial charge is 0.360 e. The van der Waals surface area contributed by atoms with Gasteiger partial charge in [0.25, 0.3) is 0 Å². The van der Waals surface area contributed by atoms with E-state index in [1.165, 1.54) is 37.2 Å². The quantitative estimate of drug-likeness (QED) is 0.826. The molecule has 0 saturated heterocycles. The van der Waals surface area contributed by atoms with E-state index in [-0.39, 0.29) is 0 Å². The lowest BCUT2D eigenvalue weighted by Crippen LogP contribution is -2.34. The number of nitrogens with one attached hydrogen (secondary N) is 1. The number of nitrogens with zero attached hydrogens (tertiary/aromatic N) is 2. The molecule has 0 bridgehead atoms. The fourth-order valence-electron chi connectivity index (χ4n) is 2.31. The average Bonchev–Trinajstić information content (AvgIpc) is 2.96. The summed E-state index contributed by atoms with van der Waals surface area (Å²) in [6, 6.07) is 0. The Bertz CT molecular complexity index is 330. The van der Waals surface area contributed by atoms with Gasteiger partial charge in [-0.2, -0.15) is 4.37 Å². The van der Waals surface area contributed by atoms with Gasteiger partial charge in [-0.15, -0.1) is 0 Å². The highest BCUT2D eigenvalue weighted by Crippen LogP contribution is 2.37. The van der Waals surface area contributed by atoms with Gasteiger partial charge < -0.3 is 11.1 Å². The summed E-state index contributed by atoms with van der Waals surface area (Å²) in [4.78, 5) is 4.41. The number of anilines is 1. The van der Waals surface area contributed by atoms with Crippen LogP contribution in [0.15, 0.2) is 0 Å². The van der Waals surface area contributed by atoms with Crippen LogP contribution in [0.2, 0.25) is 0 Å². The topological polar surface area (TPSA) is 63.8 Å². The van der Waals surface area contributed by atoms with Gasteiger partial charge in [-0.25, -0.2) is 4.98 Å². The van der Waals surface area contributed by atoms with Gasteiger partial charge in [0.1, 0.15) is 5.82 Å². The predicted molar refractivity (Wildman–Crippen MR) is 67.7 cm³/mol. The zero-order chi connectivity index (χ0) is 11.4. The Labute approximate surface area is 101 Å². The molecule has 0 spiro atoms. The minimum Gasteiger partial charge on any atom is -0.360 e. The van der Waals surface area contributed by atoms with E-state index in [1.54, 1.807) is 0 Å². The van der Waals surface area contributed by atoms with Gasteiger partial charge in [-0.05, 0) is 24.8 Å². The molecular formula is C11H20N4S. The van der Waals surface area contributed by atoms with E-state index < -0.39 is 0 Å². The molecule has 5 heteroatoms. The molecule has 0 aromatic carbocycles. The van der Waals surface area contributed by atoms with Crippen LogP contribution >= 0.6 is 11.5 Å². The molecule has 0 amide bonds. The summed E-state index contributed by atoms with van der Waals surface area (Å²) in [5.41, 5.74) is 6.20. The van der Waals surface area contributed by atoms with Gasteiger partial charge in [0.05, 0.1) is 0 Å². The normalized spacial score (nSPS) is 18.9. The molecule has 1 aromatic heterocycles. The van der Waals surface area contributed by atoms with Crippen LogP contribution in [-0.4, -0.2) is 22.4 Å². The second kappa shape index (κ2) is 5.10. The third-order valence-corrected chi connectivity index (χ3v) is 4.21. The first-order chi connectivity index (χ1) is 7.78. The maximum atomic E-state index is 5.89. The summed E-state index contributed by atoms with van der Waals surface area (Å²) in [6.07, 6.45) is 6.02. The van der Waals surface area contributed by atoms with E-state index in [9.17, 15) is 0 Å². The van der Waals surface area contributed by atoms with Crippen molar-refractivity contribution in [3.8, 4) is 0 Å². The number of rotatable bonds is 5. The first-order valence-electron chi connectivity index (χ1n) is 6.04. The second-order valence-corrected chi connectivity index (χ2v) is 5.39. The van der Waals surface area contributed by atoms with Crippen molar-refractivity contribution >= 4 is 16.7 Å². The monoisotopic (exact) mass is 240 g/mol. The van der Waals surface area contributed by atoms with Crippen molar-refractivity contribution in [3.63, 3.8) is 0 Å². The van der Waals surface area contributed by atoms with Crippen molar-refractivity contribution in [1.82, 2.24) is 9.36 Å². The standard InChI is InChI=1S/C11H20N4S/c1-2-9-14-10(16-15-9)13-8-11(7-12)5-3-4-6-11/h2-8,12H2,1H3,(H,13,14,15). The SMILES string of the molecule is CCc1nsc(NCC2(CN)CCCC2)n1. The van der Waals surface area contributed by atoms with Gasteiger partial charge in [0, 0.05) is 24.5 Å². The number of aryl methyl sites for hydroxylation is 1. The van der Waals surface area contributed by atoms with Crippen LogP contribution in [0.1, 0.15) is 38.4 Å². The molecule has 0 radical (unpaired) electrons. The molecule has 0 aliphatic heterocycles. The van der Waals surface area contributed by atoms with Gasteiger partial charge in [-0.1, -0.05) is 19.8 Å².